The first kappa shape index (κ1) is 12.8. The molecule has 2 aromatic rings. The van der Waals surface area contributed by atoms with Crippen molar-refractivity contribution in [2.24, 2.45) is 0 Å². The van der Waals surface area contributed by atoms with Gasteiger partial charge in [-0.25, -0.2) is 18.1 Å². The van der Waals surface area contributed by atoms with Gasteiger partial charge < -0.3 is 4.42 Å². The van der Waals surface area contributed by atoms with Crippen LogP contribution in [0.1, 0.15) is 17.1 Å². The SMILES string of the molecule is Cc1nc(CNS(=O)(=O)c2ccccc2C)co1. The summed E-state index contributed by atoms with van der Waals surface area (Å²) in [6.07, 6.45) is 1.44. The third-order valence-electron chi connectivity index (χ3n) is 2.49. The standard InChI is InChI=1S/C12H14N2O3S/c1-9-5-3-4-6-12(9)18(15,16)13-7-11-8-17-10(2)14-11/h3-6,8,13H,7H2,1-2H3. The Morgan fingerprint density at radius 1 is 1.28 bits per heavy atom. The summed E-state index contributed by atoms with van der Waals surface area (Å²) in [4.78, 5) is 4.32. The van der Waals surface area contributed by atoms with E-state index in [0.717, 1.165) is 0 Å². The molecule has 1 N–H and O–H groups in total. The summed E-state index contributed by atoms with van der Waals surface area (Å²) in [6.45, 7) is 3.59. The number of nitrogens with one attached hydrogen (secondary N) is 1. The number of hydrogen-bond acceptors (Lipinski definition) is 4. The largest absolute Gasteiger partial charge is 0.449 e. The van der Waals surface area contributed by atoms with Crippen molar-refractivity contribution in [1.29, 1.82) is 0 Å². The van der Waals surface area contributed by atoms with E-state index < -0.39 is 10.0 Å². The van der Waals surface area contributed by atoms with Gasteiger partial charge in [0.2, 0.25) is 10.0 Å². The van der Waals surface area contributed by atoms with Crippen molar-refractivity contribution in [2.75, 3.05) is 0 Å². The quantitative estimate of drug-likeness (QED) is 0.915. The molecule has 0 saturated carbocycles. The van der Waals surface area contributed by atoms with Gasteiger partial charge in [-0.15, -0.1) is 0 Å². The Bertz CT molecular complexity index is 647. The summed E-state index contributed by atoms with van der Waals surface area (Å²) in [7, 11) is -3.51. The second kappa shape index (κ2) is 4.91. The molecule has 0 radical (unpaired) electrons. The number of aryl methyl sites for hydroxylation is 2. The van der Waals surface area contributed by atoms with Crippen LogP contribution in [-0.2, 0) is 16.6 Å². The van der Waals surface area contributed by atoms with E-state index in [-0.39, 0.29) is 11.4 Å². The Balaban J connectivity index is 2.16. The van der Waals surface area contributed by atoms with Crippen LogP contribution in [0, 0.1) is 13.8 Å². The predicted molar refractivity (Wildman–Crippen MR) is 66.4 cm³/mol. The topological polar surface area (TPSA) is 72.2 Å². The highest BCUT2D eigenvalue weighted by molar-refractivity contribution is 7.89. The van der Waals surface area contributed by atoms with E-state index in [1.807, 2.05) is 0 Å². The Morgan fingerprint density at radius 3 is 2.61 bits per heavy atom. The minimum Gasteiger partial charge on any atom is -0.449 e. The minimum absolute atomic E-state index is 0.119. The van der Waals surface area contributed by atoms with Crippen molar-refractivity contribution < 1.29 is 12.8 Å². The zero-order valence-corrected chi connectivity index (χ0v) is 11.0. The molecule has 0 aliphatic carbocycles. The van der Waals surface area contributed by atoms with E-state index in [1.165, 1.54) is 6.26 Å². The van der Waals surface area contributed by atoms with Crippen LogP contribution in [0.2, 0.25) is 0 Å². The van der Waals surface area contributed by atoms with Gasteiger partial charge in [0.15, 0.2) is 5.89 Å². The van der Waals surface area contributed by atoms with Gasteiger partial charge in [0.25, 0.3) is 0 Å². The first-order valence-electron chi connectivity index (χ1n) is 5.45. The Morgan fingerprint density at radius 2 is 2.00 bits per heavy atom. The average Bonchev–Trinajstić information content (AvgIpc) is 2.73. The smallest absolute Gasteiger partial charge is 0.241 e. The molecule has 1 aromatic carbocycles. The van der Waals surface area contributed by atoms with Crippen LogP contribution >= 0.6 is 0 Å². The molecule has 0 spiro atoms. The maximum Gasteiger partial charge on any atom is 0.241 e. The van der Waals surface area contributed by atoms with Crippen molar-refractivity contribution in [3.05, 3.63) is 47.7 Å². The van der Waals surface area contributed by atoms with Gasteiger partial charge in [-0.05, 0) is 18.6 Å². The first-order valence-corrected chi connectivity index (χ1v) is 6.93. The van der Waals surface area contributed by atoms with Crippen molar-refractivity contribution in [3.63, 3.8) is 0 Å². The molecule has 0 aliphatic rings. The zero-order valence-electron chi connectivity index (χ0n) is 10.2. The van der Waals surface area contributed by atoms with Gasteiger partial charge in [-0.2, -0.15) is 0 Å². The van der Waals surface area contributed by atoms with Gasteiger partial charge >= 0.3 is 0 Å². The lowest BCUT2D eigenvalue weighted by atomic mass is 10.2. The third kappa shape index (κ3) is 2.77. The van der Waals surface area contributed by atoms with E-state index in [2.05, 4.69) is 9.71 Å². The highest BCUT2D eigenvalue weighted by Crippen LogP contribution is 2.14. The molecule has 6 heteroatoms. The average molecular weight is 266 g/mol. The molecular formula is C12H14N2O3S. The van der Waals surface area contributed by atoms with Crippen LogP contribution in [0.4, 0.5) is 0 Å². The number of aromatic nitrogens is 1. The number of benzene rings is 1. The van der Waals surface area contributed by atoms with Crippen LogP contribution in [0.15, 0.2) is 39.8 Å². The highest BCUT2D eigenvalue weighted by atomic mass is 32.2. The minimum atomic E-state index is -3.51. The molecule has 1 heterocycles. The molecule has 0 aliphatic heterocycles. The van der Waals surface area contributed by atoms with Gasteiger partial charge in [-0.3, -0.25) is 0 Å². The Hall–Kier alpha value is -1.66. The Labute approximate surface area is 106 Å². The molecule has 96 valence electrons. The second-order valence-electron chi connectivity index (χ2n) is 3.95. The number of rotatable bonds is 4. The molecule has 1 aromatic heterocycles. The van der Waals surface area contributed by atoms with E-state index >= 15 is 0 Å². The monoisotopic (exact) mass is 266 g/mol. The molecule has 0 unspecified atom stereocenters. The summed E-state index contributed by atoms with van der Waals surface area (Å²) >= 11 is 0. The van der Waals surface area contributed by atoms with Crippen LogP contribution in [0.5, 0.6) is 0 Å². The van der Waals surface area contributed by atoms with Gasteiger partial charge in [0.1, 0.15) is 6.26 Å². The predicted octanol–water partition coefficient (Wildman–Crippen LogP) is 1.77. The van der Waals surface area contributed by atoms with E-state index in [1.54, 1.807) is 38.1 Å². The maximum atomic E-state index is 12.1. The highest BCUT2D eigenvalue weighted by Gasteiger charge is 2.16. The lowest BCUT2D eigenvalue weighted by Crippen LogP contribution is -2.24. The fraction of sp³-hybridized carbons (Fsp3) is 0.250. The normalized spacial score (nSPS) is 11.7. The zero-order chi connectivity index (χ0) is 13.2. The summed E-state index contributed by atoms with van der Waals surface area (Å²) in [5, 5.41) is 0. The fourth-order valence-electron chi connectivity index (χ4n) is 1.59. The lowest BCUT2D eigenvalue weighted by molar-refractivity contribution is 0.520. The van der Waals surface area contributed by atoms with Crippen molar-refractivity contribution in [2.45, 2.75) is 25.3 Å². The second-order valence-corrected chi connectivity index (χ2v) is 5.68. The summed E-state index contributed by atoms with van der Waals surface area (Å²) < 4.78 is 31.6. The molecule has 5 nitrogen and oxygen atoms in total. The summed E-state index contributed by atoms with van der Waals surface area (Å²) in [6, 6.07) is 6.83. The molecule has 0 amide bonds. The third-order valence-corrected chi connectivity index (χ3v) is 4.05. The molecule has 0 fully saturated rings. The van der Waals surface area contributed by atoms with E-state index in [9.17, 15) is 8.42 Å². The lowest BCUT2D eigenvalue weighted by Gasteiger charge is -2.07. The summed E-state index contributed by atoms with van der Waals surface area (Å²) in [5.74, 6) is 0.514. The molecule has 0 atom stereocenters. The van der Waals surface area contributed by atoms with Gasteiger partial charge in [-0.1, -0.05) is 18.2 Å². The molecule has 2 rings (SSSR count). The Kier molecular flexibility index (Phi) is 3.49. The maximum absolute atomic E-state index is 12.1. The number of oxazole rings is 1. The van der Waals surface area contributed by atoms with E-state index in [4.69, 9.17) is 4.42 Å². The van der Waals surface area contributed by atoms with Crippen molar-refractivity contribution >= 4 is 10.0 Å². The first-order chi connectivity index (χ1) is 8.49. The molecule has 0 saturated heterocycles. The van der Waals surface area contributed by atoms with Crippen LogP contribution in [-0.4, -0.2) is 13.4 Å². The number of sulfonamides is 1. The molecule has 0 bridgehead atoms. The molecule has 18 heavy (non-hydrogen) atoms. The van der Waals surface area contributed by atoms with Crippen LogP contribution < -0.4 is 4.72 Å². The van der Waals surface area contributed by atoms with Crippen LogP contribution in [0.25, 0.3) is 0 Å². The number of hydrogen-bond donors (Lipinski definition) is 1. The fourth-order valence-corrected chi connectivity index (χ4v) is 2.84. The van der Waals surface area contributed by atoms with Crippen molar-refractivity contribution in [1.82, 2.24) is 9.71 Å². The molecular weight excluding hydrogens is 252 g/mol. The van der Waals surface area contributed by atoms with Gasteiger partial charge in [0, 0.05) is 6.92 Å². The van der Waals surface area contributed by atoms with E-state index in [0.29, 0.717) is 17.1 Å². The van der Waals surface area contributed by atoms with Crippen molar-refractivity contribution in [3.8, 4) is 0 Å². The van der Waals surface area contributed by atoms with Gasteiger partial charge in [0.05, 0.1) is 17.1 Å². The number of nitrogens with zero attached hydrogens (tertiary/aromatic N) is 1. The summed E-state index contributed by atoms with van der Waals surface area (Å²) in [5.41, 5.74) is 1.27. The van der Waals surface area contributed by atoms with Crippen LogP contribution in [0.3, 0.4) is 0 Å².